The molecule has 15 heavy (non-hydrogen) atoms. The van der Waals surface area contributed by atoms with Crippen LogP contribution >= 0.6 is 34.3 Å². The Bertz CT molecular complexity index is 711. The molecular weight excluding hydrogens is 248 g/mol. The first kappa shape index (κ1) is 9.33. The van der Waals surface area contributed by atoms with E-state index in [0.29, 0.717) is 10.4 Å². The highest BCUT2D eigenvalue weighted by molar-refractivity contribution is 7.40. The molecule has 0 spiro atoms. The Balaban J connectivity index is 2.71. The molecule has 0 aliphatic rings. The zero-order valence-corrected chi connectivity index (χ0v) is 9.88. The molecule has 0 radical (unpaired) electrons. The van der Waals surface area contributed by atoms with E-state index in [4.69, 9.17) is 11.6 Å². The van der Waals surface area contributed by atoms with Crippen LogP contribution in [0.15, 0.2) is 34.4 Å². The highest BCUT2D eigenvalue weighted by Crippen LogP contribution is 2.31. The van der Waals surface area contributed by atoms with Crippen molar-refractivity contribution in [3.8, 4) is 0 Å². The van der Waals surface area contributed by atoms with Crippen molar-refractivity contribution < 1.29 is 0 Å². The molecule has 1 aromatic carbocycles. The Morgan fingerprint density at radius 3 is 2.93 bits per heavy atom. The van der Waals surface area contributed by atoms with E-state index in [2.05, 4.69) is 0 Å². The van der Waals surface area contributed by atoms with Gasteiger partial charge in [0.1, 0.15) is 0 Å². The van der Waals surface area contributed by atoms with Crippen LogP contribution in [0.5, 0.6) is 0 Å². The summed E-state index contributed by atoms with van der Waals surface area (Å²) in [5.41, 5.74) is 0.0469. The normalized spacial score (nSPS) is 11.3. The zero-order valence-electron chi connectivity index (χ0n) is 7.49. The number of halogens is 1. The number of hydrogen-bond donors (Lipinski definition) is 0. The summed E-state index contributed by atoms with van der Waals surface area (Å²) in [5, 5.41) is 3.91. The Kier molecular flexibility index (Phi) is 2.06. The maximum absolute atomic E-state index is 12.1. The van der Waals surface area contributed by atoms with E-state index in [1.165, 1.54) is 0 Å². The summed E-state index contributed by atoms with van der Waals surface area (Å²) in [6.45, 7) is 0. The van der Waals surface area contributed by atoms with Gasteiger partial charge in [-0.05, 0) is 23.6 Å². The lowest BCUT2D eigenvalue weighted by Gasteiger charge is -1.98. The van der Waals surface area contributed by atoms with Crippen molar-refractivity contribution >= 4 is 53.8 Å². The largest absolute Gasteiger partial charge is 0.288 e. The summed E-state index contributed by atoms with van der Waals surface area (Å²) in [7, 11) is 0. The third-order valence-electron chi connectivity index (χ3n) is 2.28. The monoisotopic (exact) mass is 252 g/mol. The molecule has 0 atom stereocenters. The van der Waals surface area contributed by atoms with Gasteiger partial charge in [-0.25, -0.2) is 0 Å². The van der Waals surface area contributed by atoms with Crippen LogP contribution in [0.4, 0.5) is 0 Å². The second-order valence-corrected chi connectivity index (χ2v) is 5.80. The van der Waals surface area contributed by atoms with Crippen LogP contribution in [0.1, 0.15) is 0 Å². The lowest BCUT2D eigenvalue weighted by atomic mass is 10.2. The van der Waals surface area contributed by atoms with Crippen LogP contribution in [0, 0.1) is 0 Å². The van der Waals surface area contributed by atoms with Crippen LogP contribution in [-0.4, -0.2) is 0 Å². The minimum absolute atomic E-state index is 0.0469. The second kappa shape index (κ2) is 3.30. The second-order valence-electron chi connectivity index (χ2n) is 3.17. The molecule has 0 unspecified atom stereocenters. The van der Waals surface area contributed by atoms with E-state index in [1.54, 1.807) is 28.7 Å². The number of benzene rings is 1. The van der Waals surface area contributed by atoms with E-state index in [0.717, 1.165) is 14.1 Å². The van der Waals surface area contributed by atoms with Gasteiger partial charge in [0.15, 0.2) is 5.43 Å². The molecule has 3 rings (SSSR count). The molecule has 0 saturated carbocycles. The van der Waals surface area contributed by atoms with Crippen molar-refractivity contribution in [2.45, 2.75) is 0 Å². The van der Waals surface area contributed by atoms with E-state index in [-0.39, 0.29) is 5.43 Å². The van der Waals surface area contributed by atoms with E-state index in [9.17, 15) is 4.79 Å². The van der Waals surface area contributed by atoms with Crippen molar-refractivity contribution in [1.82, 2.24) is 0 Å². The van der Waals surface area contributed by atoms with Gasteiger partial charge in [-0.3, -0.25) is 4.79 Å². The first-order valence-electron chi connectivity index (χ1n) is 4.36. The average molecular weight is 253 g/mol. The van der Waals surface area contributed by atoms with Crippen molar-refractivity contribution in [1.29, 1.82) is 0 Å². The van der Waals surface area contributed by atoms with Crippen molar-refractivity contribution in [2.24, 2.45) is 0 Å². The fraction of sp³-hybridized carbons (Fsp3) is 0. The number of hydrogen-bond acceptors (Lipinski definition) is 3. The quantitative estimate of drug-likeness (QED) is 0.588. The zero-order chi connectivity index (χ0) is 10.4. The van der Waals surface area contributed by atoms with Gasteiger partial charge in [-0.15, -0.1) is 22.7 Å². The molecule has 3 aromatic rings. The molecule has 0 N–H and O–H groups in total. The predicted molar refractivity (Wildman–Crippen MR) is 68.5 cm³/mol. The van der Waals surface area contributed by atoms with Crippen LogP contribution in [0.3, 0.4) is 0 Å². The van der Waals surface area contributed by atoms with Crippen LogP contribution in [-0.2, 0) is 0 Å². The van der Waals surface area contributed by atoms with Crippen molar-refractivity contribution in [2.75, 3.05) is 0 Å². The first-order valence-corrected chi connectivity index (χ1v) is 6.43. The lowest BCUT2D eigenvalue weighted by Crippen LogP contribution is -1.99. The molecular formula is C11H5ClOS2. The molecule has 0 amide bonds. The van der Waals surface area contributed by atoms with Gasteiger partial charge in [0.25, 0.3) is 0 Å². The molecule has 0 aliphatic carbocycles. The molecule has 1 nitrogen and oxygen atoms in total. The summed E-state index contributed by atoms with van der Waals surface area (Å²) in [6.07, 6.45) is 0. The van der Waals surface area contributed by atoms with Crippen molar-refractivity contribution in [3.05, 3.63) is 44.9 Å². The van der Waals surface area contributed by atoms with Gasteiger partial charge in [0.05, 0.1) is 19.8 Å². The SMILES string of the molecule is O=c1c2ccsc2sc2cccc(Cl)c12. The summed E-state index contributed by atoms with van der Waals surface area (Å²) in [6, 6.07) is 7.43. The maximum atomic E-state index is 12.1. The average Bonchev–Trinajstić information content (AvgIpc) is 2.66. The number of thiophene rings is 1. The number of fused-ring (bicyclic) bond motifs is 2. The maximum Gasteiger partial charge on any atom is 0.198 e. The summed E-state index contributed by atoms with van der Waals surface area (Å²) >= 11 is 9.26. The Labute approximate surface area is 98.6 Å². The van der Waals surface area contributed by atoms with Crippen LogP contribution in [0.25, 0.3) is 19.5 Å². The fourth-order valence-electron chi connectivity index (χ4n) is 1.59. The van der Waals surface area contributed by atoms with Gasteiger partial charge < -0.3 is 0 Å². The number of rotatable bonds is 0. The lowest BCUT2D eigenvalue weighted by molar-refractivity contribution is 1.78. The molecule has 0 bridgehead atoms. The fourth-order valence-corrected chi connectivity index (χ4v) is 4.07. The molecule has 0 saturated heterocycles. The van der Waals surface area contributed by atoms with Gasteiger partial charge in [0.2, 0.25) is 0 Å². The van der Waals surface area contributed by atoms with Gasteiger partial charge in [-0.2, -0.15) is 0 Å². The highest BCUT2D eigenvalue weighted by atomic mass is 35.5. The first-order chi connectivity index (χ1) is 7.27. The highest BCUT2D eigenvalue weighted by Gasteiger charge is 2.08. The molecule has 2 heterocycles. The third kappa shape index (κ3) is 1.31. The minimum Gasteiger partial charge on any atom is -0.288 e. The molecule has 74 valence electrons. The van der Waals surface area contributed by atoms with E-state index in [1.807, 2.05) is 23.6 Å². The Morgan fingerprint density at radius 2 is 2.07 bits per heavy atom. The van der Waals surface area contributed by atoms with Crippen molar-refractivity contribution in [3.63, 3.8) is 0 Å². The van der Waals surface area contributed by atoms with Crippen LogP contribution < -0.4 is 5.43 Å². The summed E-state index contributed by atoms with van der Waals surface area (Å²) in [5.74, 6) is 0. The molecule has 0 fully saturated rings. The predicted octanol–water partition coefficient (Wildman–Crippen LogP) is 4.13. The Morgan fingerprint density at radius 1 is 1.20 bits per heavy atom. The van der Waals surface area contributed by atoms with Gasteiger partial charge in [-0.1, -0.05) is 17.7 Å². The Hall–Kier alpha value is -0.900. The molecule has 4 heteroatoms. The molecule has 2 aromatic heterocycles. The smallest absolute Gasteiger partial charge is 0.198 e. The van der Waals surface area contributed by atoms with Gasteiger partial charge in [0, 0.05) is 4.70 Å². The third-order valence-corrected chi connectivity index (χ3v) is 4.80. The van der Waals surface area contributed by atoms with E-state index < -0.39 is 0 Å². The van der Waals surface area contributed by atoms with Gasteiger partial charge >= 0.3 is 0 Å². The van der Waals surface area contributed by atoms with E-state index >= 15 is 0 Å². The minimum atomic E-state index is 0.0469. The summed E-state index contributed by atoms with van der Waals surface area (Å²) in [4.78, 5) is 12.1. The standard InChI is InChI=1S/C11H5ClOS2/c12-7-2-1-3-8-9(7)10(13)6-4-5-14-11(6)15-8/h1-5H. The van der Waals surface area contributed by atoms with Crippen LogP contribution in [0.2, 0.25) is 5.02 Å². The summed E-state index contributed by atoms with van der Waals surface area (Å²) < 4.78 is 2.03. The topological polar surface area (TPSA) is 17.1 Å². The molecule has 0 aliphatic heterocycles.